The molecule has 0 aliphatic heterocycles. The summed E-state index contributed by atoms with van der Waals surface area (Å²) < 4.78 is 5.22. The van der Waals surface area contributed by atoms with Gasteiger partial charge >= 0.3 is 6.09 Å². The Balaban J connectivity index is 2.13. The SMILES string of the molecule is C[C@H](CNC(=O)[C@@H](NC(=O)OC(C)(C)C)[C@@H](C)O)CC(C)(C)[Si](O)(c1ccccc1)c1ccccc1. The normalized spacial score (nSPS) is 14.9. The largest absolute Gasteiger partial charge is 0.444 e. The summed E-state index contributed by atoms with van der Waals surface area (Å²) in [6.45, 7) is 13.1. The summed E-state index contributed by atoms with van der Waals surface area (Å²) in [6.07, 6.45) is -1.21. The fourth-order valence-electron chi connectivity index (χ4n) is 4.62. The van der Waals surface area contributed by atoms with Crippen LogP contribution in [0.5, 0.6) is 0 Å². The van der Waals surface area contributed by atoms with Crippen LogP contribution >= 0.6 is 0 Å². The molecule has 2 aromatic rings. The van der Waals surface area contributed by atoms with Crippen LogP contribution in [-0.2, 0) is 9.53 Å². The van der Waals surface area contributed by atoms with Crippen molar-refractivity contribution in [3.63, 3.8) is 0 Å². The van der Waals surface area contributed by atoms with Gasteiger partial charge in [0.2, 0.25) is 5.91 Å². The Morgan fingerprint density at radius 3 is 1.81 bits per heavy atom. The van der Waals surface area contributed by atoms with E-state index in [9.17, 15) is 19.5 Å². The van der Waals surface area contributed by atoms with Crippen molar-refractivity contribution in [1.82, 2.24) is 10.6 Å². The zero-order valence-corrected chi connectivity index (χ0v) is 23.5. The molecule has 0 aliphatic rings. The van der Waals surface area contributed by atoms with Crippen molar-refractivity contribution in [2.24, 2.45) is 5.92 Å². The van der Waals surface area contributed by atoms with Gasteiger partial charge in [0, 0.05) is 6.54 Å². The number of ether oxygens (including phenoxy) is 1. The van der Waals surface area contributed by atoms with E-state index < -0.39 is 43.1 Å². The highest BCUT2D eigenvalue weighted by Gasteiger charge is 2.50. The van der Waals surface area contributed by atoms with Crippen molar-refractivity contribution in [1.29, 1.82) is 0 Å². The molecule has 3 atom stereocenters. The summed E-state index contributed by atoms with van der Waals surface area (Å²) >= 11 is 0. The van der Waals surface area contributed by atoms with Crippen LogP contribution in [0.15, 0.2) is 60.7 Å². The number of hydrogen-bond acceptors (Lipinski definition) is 5. The number of carbonyl (C=O) groups is 2. The van der Waals surface area contributed by atoms with Gasteiger partial charge in [-0.1, -0.05) is 81.4 Å². The molecule has 0 aliphatic carbocycles. The highest BCUT2D eigenvalue weighted by Crippen LogP contribution is 2.41. The number of amides is 2. The van der Waals surface area contributed by atoms with Crippen LogP contribution < -0.4 is 21.0 Å². The molecule has 2 aromatic carbocycles. The predicted octanol–water partition coefficient (Wildman–Crippen LogP) is 2.94. The first-order valence-electron chi connectivity index (χ1n) is 12.5. The van der Waals surface area contributed by atoms with E-state index in [-0.39, 0.29) is 5.92 Å². The third kappa shape index (κ3) is 7.66. The highest BCUT2D eigenvalue weighted by molar-refractivity contribution is 6.98. The van der Waals surface area contributed by atoms with Crippen LogP contribution in [0.1, 0.15) is 54.9 Å². The Morgan fingerprint density at radius 2 is 1.39 bits per heavy atom. The van der Waals surface area contributed by atoms with Gasteiger partial charge in [-0.05, 0) is 55.4 Å². The Morgan fingerprint density at radius 1 is 0.917 bits per heavy atom. The topological polar surface area (TPSA) is 108 Å². The van der Waals surface area contributed by atoms with Crippen LogP contribution in [0, 0.1) is 5.92 Å². The average molecular weight is 515 g/mol. The molecule has 0 unspecified atom stereocenters. The molecule has 0 radical (unpaired) electrons. The van der Waals surface area contributed by atoms with Gasteiger partial charge in [-0.2, -0.15) is 0 Å². The fraction of sp³-hybridized carbons (Fsp3) is 0.500. The first-order chi connectivity index (χ1) is 16.7. The molecule has 0 heterocycles. The van der Waals surface area contributed by atoms with Crippen LogP contribution in [0.2, 0.25) is 5.04 Å². The van der Waals surface area contributed by atoms with E-state index >= 15 is 0 Å². The van der Waals surface area contributed by atoms with Crippen molar-refractivity contribution >= 4 is 30.7 Å². The molecule has 7 nitrogen and oxygen atoms in total. The maximum atomic E-state index is 12.8. The fourth-order valence-corrected chi connectivity index (χ4v) is 8.51. The number of aliphatic hydroxyl groups is 1. The number of benzene rings is 2. The van der Waals surface area contributed by atoms with Crippen LogP contribution in [0.25, 0.3) is 0 Å². The summed E-state index contributed by atoms with van der Waals surface area (Å²) in [6, 6.07) is 18.5. The maximum Gasteiger partial charge on any atom is 0.408 e. The summed E-state index contributed by atoms with van der Waals surface area (Å²) in [4.78, 5) is 37.3. The molecule has 198 valence electrons. The smallest absolute Gasteiger partial charge is 0.408 e. The molecule has 2 rings (SSSR count). The van der Waals surface area contributed by atoms with Gasteiger partial charge in [-0.15, -0.1) is 0 Å². The Kier molecular flexibility index (Phi) is 9.88. The second-order valence-electron chi connectivity index (χ2n) is 11.2. The van der Waals surface area contributed by atoms with Crippen molar-refractivity contribution in [2.75, 3.05) is 6.54 Å². The Labute approximate surface area is 216 Å². The van der Waals surface area contributed by atoms with Crippen molar-refractivity contribution in [3.05, 3.63) is 60.7 Å². The van der Waals surface area contributed by atoms with E-state index in [4.69, 9.17) is 4.74 Å². The van der Waals surface area contributed by atoms with E-state index in [1.165, 1.54) is 6.92 Å². The zero-order valence-electron chi connectivity index (χ0n) is 22.5. The lowest BCUT2D eigenvalue weighted by Crippen LogP contribution is -2.65. The van der Waals surface area contributed by atoms with Gasteiger partial charge in [-0.3, -0.25) is 4.79 Å². The molecular weight excluding hydrogens is 472 g/mol. The lowest BCUT2D eigenvalue weighted by atomic mass is 9.97. The molecule has 0 saturated carbocycles. The van der Waals surface area contributed by atoms with E-state index in [1.54, 1.807) is 20.8 Å². The molecule has 36 heavy (non-hydrogen) atoms. The number of aliphatic hydroxyl groups excluding tert-OH is 1. The second-order valence-corrected chi connectivity index (χ2v) is 15.2. The highest BCUT2D eigenvalue weighted by atomic mass is 28.4. The molecule has 0 spiro atoms. The van der Waals surface area contributed by atoms with Crippen molar-refractivity contribution in [2.45, 2.75) is 77.7 Å². The molecule has 2 amide bonds. The summed E-state index contributed by atoms with van der Waals surface area (Å²) in [5.74, 6) is -0.467. The maximum absolute atomic E-state index is 12.8. The molecule has 0 saturated heterocycles. The number of hydrogen-bond donors (Lipinski definition) is 4. The second kappa shape index (κ2) is 12.0. The van der Waals surface area contributed by atoms with Gasteiger partial charge in [-0.25, -0.2) is 4.79 Å². The number of alkyl carbamates (subject to hydrolysis) is 1. The summed E-state index contributed by atoms with van der Waals surface area (Å²) in [7, 11) is -3.16. The third-order valence-electron chi connectivity index (χ3n) is 6.28. The van der Waals surface area contributed by atoms with Gasteiger partial charge in [0.05, 0.1) is 6.10 Å². The van der Waals surface area contributed by atoms with E-state index in [0.29, 0.717) is 13.0 Å². The quantitative estimate of drug-likeness (QED) is 0.365. The minimum atomic E-state index is -3.16. The summed E-state index contributed by atoms with van der Waals surface area (Å²) in [5, 5.41) is 16.8. The Hall–Kier alpha value is -2.68. The number of rotatable bonds is 10. The average Bonchev–Trinajstić information content (AvgIpc) is 2.80. The van der Waals surface area contributed by atoms with Crippen LogP contribution in [0.3, 0.4) is 0 Å². The number of carbonyl (C=O) groups excluding carboxylic acids is 2. The molecule has 8 heteroatoms. The Bertz CT molecular complexity index is 951. The first kappa shape index (κ1) is 29.5. The number of nitrogens with one attached hydrogen (secondary N) is 2. The van der Waals surface area contributed by atoms with Crippen molar-refractivity contribution in [3.8, 4) is 0 Å². The molecule has 0 bridgehead atoms. The third-order valence-corrected chi connectivity index (χ3v) is 10.8. The van der Waals surface area contributed by atoms with Crippen molar-refractivity contribution < 1.29 is 24.2 Å². The van der Waals surface area contributed by atoms with Crippen LogP contribution in [0.4, 0.5) is 4.79 Å². The molecule has 0 aromatic heterocycles. The summed E-state index contributed by atoms with van der Waals surface area (Å²) in [5.41, 5.74) is -0.720. The van der Waals surface area contributed by atoms with Gasteiger partial charge < -0.3 is 25.3 Å². The standard InChI is InChI=1S/C28H42N2O5Si/c1-20(19-29-25(32)24(21(2)31)30-26(33)35-27(3,4)5)18-28(6,7)36(34,22-14-10-8-11-15-22)23-16-12-9-13-17-23/h8-17,20-21,24,31,34H,18-19H2,1-7H3,(H,29,32)(H,30,33)/t20-,21+,24-/m0/s1. The lowest BCUT2D eigenvalue weighted by molar-refractivity contribution is -0.125. The minimum Gasteiger partial charge on any atom is -0.444 e. The van der Waals surface area contributed by atoms with Gasteiger partial charge in [0.1, 0.15) is 11.6 Å². The minimum absolute atomic E-state index is 0.0200. The van der Waals surface area contributed by atoms with Crippen LogP contribution in [-0.4, -0.2) is 54.5 Å². The zero-order chi connectivity index (χ0) is 27.1. The molecule has 4 N–H and O–H groups in total. The monoisotopic (exact) mass is 514 g/mol. The lowest BCUT2D eigenvalue weighted by Gasteiger charge is -2.42. The van der Waals surface area contributed by atoms with E-state index in [0.717, 1.165) is 10.4 Å². The first-order valence-corrected chi connectivity index (χ1v) is 14.4. The van der Waals surface area contributed by atoms with Gasteiger partial charge in [0.25, 0.3) is 8.32 Å². The van der Waals surface area contributed by atoms with Gasteiger partial charge in [0.15, 0.2) is 0 Å². The molecular formula is C28H42N2O5Si. The molecule has 0 fully saturated rings. The van der Waals surface area contributed by atoms with E-state index in [2.05, 4.69) is 24.5 Å². The van der Waals surface area contributed by atoms with E-state index in [1.807, 2.05) is 67.6 Å². The predicted molar refractivity (Wildman–Crippen MR) is 146 cm³/mol.